The second-order valence-electron chi connectivity index (χ2n) is 4.95. The first kappa shape index (κ1) is 17.0. The van der Waals surface area contributed by atoms with E-state index in [4.69, 9.17) is 10.5 Å². The summed E-state index contributed by atoms with van der Waals surface area (Å²) in [5.41, 5.74) is 6.80. The van der Waals surface area contributed by atoms with E-state index < -0.39 is 0 Å². The molecule has 4 nitrogen and oxygen atoms in total. The van der Waals surface area contributed by atoms with Crippen LogP contribution in [-0.4, -0.2) is 36.5 Å². The molecule has 0 spiro atoms. The zero-order valence-corrected chi connectivity index (χ0v) is 12.5. The van der Waals surface area contributed by atoms with E-state index in [1.807, 2.05) is 35.2 Å². The van der Waals surface area contributed by atoms with Crippen LogP contribution >= 0.6 is 12.4 Å². The van der Waals surface area contributed by atoms with Crippen molar-refractivity contribution in [3.8, 4) is 0 Å². The Bertz CT molecular complexity index is 400. The second-order valence-corrected chi connectivity index (χ2v) is 4.95. The van der Waals surface area contributed by atoms with Crippen LogP contribution in [0.15, 0.2) is 30.3 Å². The number of nitrogens with two attached hydrogens (primary N) is 1. The smallest absolute Gasteiger partial charge is 0.248 e. The number of halogens is 1. The summed E-state index contributed by atoms with van der Waals surface area (Å²) in [6, 6.07) is 10.1. The third-order valence-corrected chi connectivity index (χ3v) is 3.56. The van der Waals surface area contributed by atoms with Gasteiger partial charge in [-0.3, -0.25) is 4.79 Å². The van der Waals surface area contributed by atoms with E-state index in [-0.39, 0.29) is 31.0 Å². The maximum absolute atomic E-state index is 12.1. The van der Waals surface area contributed by atoms with Gasteiger partial charge < -0.3 is 15.4 Å². The molecule has 2 rings (SSSR count). The highest BCUT2D eigenvalue weighted by Crippen LogP contribution is 2.16. The average Bonchev–Trinajstić information content (AvgIpc) is 2.48. The van der Waals surface area contributed by atoms with Crippen molar-refractivity contribution in [3.05, 3.63) is 35.9 Å². The van der Waals surface area contributed by atoms with Crippen molar-refractivity contribution in [1.82, 2.24) is 4.90 Å². The summed E-state index contributed by atoms with van der Waals surface area (Å²) < 4.78 is 5.50. The highest BCUT2D eigenvalue weighted by molar-refractivity contribution is 5.85. The minimum absolute atomic E-state index is 0. The molecule has 112 valence electrons. The van der Waals surface area contributed by atoms with Crippen LogP contribution in [-0.2, 0) is 16.1 Å². The summed E-state index contributed by atoms with van der Waals surface area (Å²) in [4.78, 5) is 14.0. The van der Waals surface area contributed by atoms with Crippen molar-refractivity contribution in [2.24, 2.45) is 5.73 Å². The molecule has 1 unspecified atom stereocenters. The molecular weight excluding hydrogens is 276 g/mol. The van der Waals surface area contributed by atoms with Crippen molar-refractivity contribution in [3.63, 3.8) is 0 Å². The van der Waals surface area contributed by atoms with E-state index in [2.05, 4.69) is 0 Å². The lowest BCUT2D eigenvalue weighted by Gasteiger charge is -2.35. The third kappa shape index (κ3) is 4.78. The Kier molecular flexibility index (Phi) is 7.59. The number of carbonyl (C=O) groups is 1. The van der Waals surface area contributed by atoms with Crippen LogP contribution in [0, 0.1) is 0 Å². The minimum Gasteiger partial charge on any atom is -0.367 e. The summed E-state index contributed by atoms with van der Waals surface area (Å²) in [6.07, 6.45) is 3.25. The molecule has 2 N–H and O–H groups in total. The van der Waals surface area contributed by atoms with Gasteiger partial charge in [-0.15, -0.1) is 12.4 Å². The number of nitrogens with zero attached hydrogens (tertiary/aromatic N) is 1. The molecule has 1 amide bonds. The predicted octanol–water partition coefficient (Wildman–Crippen LogP) is 1.96. The first-order valence-corrected chi connectivity index (χ1v) is 6.92. The first-order chi connectivity index (χ1) is 9.31. The molecule has 1 aromatic rings. The molecule has 0 radical (unpaired) electrons. The molecule has 1 aliphatic rings. The Hall–Kier alpha value is -1.10. The fourth-order valence-corrected chi connectivity index (χ4v) is 2.49. The van der Waals surface area contributed by atoms with Gasteiger partial charge in [0.25, 0.3) is 0 Å². The van der Waals surface area contributed by atoms with Crippen molar-refractivity contribution in [2.45, 2.75) is 31.9 Å². The van der Waals surface area contributed by atoms with Gasteiger partial charge in [-0.1, -0.05) is 30.3 Å². The normalized spacial score (nSPS) is 18.4. The molecule has 1 aliphatic heterocycles. The van der Waals surface area contributed by atoms with E-state index in [9.17, 15) is 4.79 Å². The lowest BCUT2D eigenvalue weighted by molar-refractivity contribution is -0.140. The fraction of sp³-hybridized carbons (Fsp3) is 0.533. The Labute approximate surface area is 126 Å². The number of rotatable bonds is 5. The zero-order chi connectivity index (χ0) is 13.5. The Morgan fingerprint density at radius 1 is 1.30 bits per heavy atom. The Morgan fingerprint density at radius 3 is 2.75 bits per heavy atom. The SMILES string of the molecule is Cl.NCC1CCCCN1C(=O)COCc1ccccc1. The molecule has 0 aliphatic carbocycles. The molecule has 5 heteroatoms. The molecular formula is C15H23ClN2O2. The molecule has 0 saturated carbocycles. The molecule has 1 atom stereocenters. The topological polar surface area (TPSA) is 55.6 Å². The molecule has 1 saturated heterocycles. The van der Waals surface area contributed by atoms with E-state index in [0.717, 1.165) is 31.4 Å². The van der Waals surface area contributed by atoms with Gasteiger partial charge >= 0.3 is 0 Å². The number of hydrogen-bond acceptors (Lipinski definition) is 3. The van der Waals surface area contributed by atoms with Crippen LogP contribution in [0.25, 0.3) is 0 Å². The minimum atomic E-state index is 0. The van der Waals surface area contributed by atoms with Gasteiger partial charge in [0.05, 0.1) is 6.61 Å². The van der Waals surface area contributed by atoms with Gasteiger partial charge in [0.15, 0.2) is 0 Å². The molecule has 20 heavy (non-hydrogen) atoms. The zero-order valence-electron chi connectivity index (χ0n) is 11.7. The third-order valence-electron chi connectivity index (χ3n) is 3.56. The van der Waals surface area contributed by atoms with E-state index in [1.165, 1.54) is 0 Å². The van der Waals surface area contributed by atoms with Crippen molar-refractivity contribution in [1.29, 1.82) is 0 Å². The van der Waals surface area contributed by atoms with Crippen LogP contribution in [0.5, 0.6) is 0 Å². The monoisotopic (exact) mass is 298 g/mol. The lowest BCUT2D eigenvalue weighted by Crippen LogP contribution is -2.48. The van der Waals surface area contributed by atoms with Crippen molar-refractivity contribution in [2.75, 3.05) is 19.7 Å². The Balaban J connectivity index is 0.00000200. The van der Waals surface area contributed by atoms with Gasteiger partial charge in [-0.25, -0.2) is 0 Å². The highest BCUT2D eigenvalue weighted by atomic mass is 35.5. The fourth-order valence-electron chi connectivity index (χ4n) is 2.49. The van der Waals surface area contributed by atoms with Gasteiger partial charge in [-0.2, -0.15) is 0 Å². The first-order valence-electron chi connectivity index (χ1n) is 6.92. The maximum Gasteiger partial charge on any atom is 0.248 e. The summed E-state index contributed by atoms with van der Waals surface area (Å²) in [6.45, 7) is 1.99. The lowest BCUT2D eigenvalue weighted by atomic mass is 10.0. The summed E-state index contributed by atoms with van der Waals surface area (Å²) in [7, 11) is 0. The van der Waals surface area contributed by atoms with Gasteiger partial charge in [-0.05, 0) is 24.8 Å². The number of piperidine rings is 1. The Morgan fingerprint density at radius 2 is 2.05 bits per heavy atom. The standard InChI is InChI=1S/C15H22N2O2.ClH/c16-10-14-8-4-5-9-17(14)15(18)12-19-11-13-6-2-1-3-7-13;/h1-3,6-7,14H,4-5,8-12,16H2;1H. The number of amides is 1. The number of likely N-dealkylation sites (tertiary alicyclic amines) is 1. The quantitative estimate of drug-likeness (QED) is 0.904. The molecule has 0 aromatic heterocycles. The van der Waals surface area contributed by atoms with Crippen LogP contribution in [0.1, 0.15) is 24.8 Å². The van der Waals surface area contributed by atoms with Crippen LogP contribution in [0.3, 0.4) is 0 Å². The summed E-state index contributed by atoms with van der Waals surface area (Å²) in [5, 5.41) is 0. The summed E-state index contributed by atoms with van der Waals surface area (Å²) >= 11 is 0. The number of ether oxygens (including phenoxy) is 1. The van der Waals surface area contributed by atoms with Gasteiger partial charge in [0.2, 0.25) is 5.91 Å². The van der Waals surface area contributed by atoms with Crippen LogP contribution in [0.4, 0.5) is 0 Å². The van der Waals surface area contributed by atoms with Crippen LogP contribution in [0.2, 0.25) is 0 Å². The van der Waals surface area contributed by atoms with Crippen molar-refractivity contribution < 1.29 is 9.53 Å². The van der Waals surface area contributed by atoms with Gasteiger partial charge in [0.1, 0.15) is 6.61 Å². The number of benzene rings is 1. The molecule has 0 bridgehead atoms. The maximum atomic E-state index is 12.1. The van der Waals surface area contributed by atoms with E-state index in [1.54, 1.807) is 0 Å². The second kappa shape index (κ2) is 8.95. The van der Waals surface area contributed by atoms with Gasteiger partial charge in [0, 0.05) is 19.1 Å². The van der Waals surface area contributed by atoms with Crippen molar-refractivity contribution >= 4 is 18.3 Å². The molecule has 1 aromatic carbocycles. The number of hydrogen-bond donors (Lipinski definition) is 1. The highest BCUT2D eigenvalue weighted by Gasteiger charge is 2.25. The molecule has 1 fully saturated rings. The van der Waals surface area contributed by atoms with E-state index in [0.29, 0.717) is 13.2 Å². The number of carbonyl (C=O) groups excluding carboxylic acids is 1. The molecule has 1 heterocycles. The largest absolute Gasteiger partial charge is 0.367 e. The predicted molar refractivity (Wildman–Crippen MR) is 81.8 cm³/mol. The van der Waals surface area contributed by atoms with E-state index >= 15 is 0 Å². The van der Waals surface area contributed by atoms with Crippen LogP contribution < -0.4 is 5.73 Å². The summed E-state index contributed by atoms with van der Waals surface area (Å²) in [5.74, 6) is 0.0612. The average molecular weight is 299 g/mol.